The van der Waals surface area contributed by atoms with Gasteiger partial charge in [-0.3, -0.25) is 9.59 Å². The zero-order chi connectivity index (χ0) is 12.1. The van der Waals surface area contributed by atoms with E-state index in [1.54, 1.807) is 4.90 Å². The van der Waals surface area contributed by atoms with Crippen molar-refractivity contribution in [2.45, 2.75) is 13.0 Å². The van der Waals surface area contributed by atoms with E-state index in [9.17, 15) is 9.59 Å². The van der Waals surface area contributed by atoms with Crippen LogP contribution in [-0.4, -0.2) is 49.6 Å². The first kappa shape index (κ1) is 12.7. The number of carbonyl (C=O) groups excluding carboxylic acids is 2. The molecule has 1 N–H and O–H groups in total. The van der Waals surface area contributed by atoms with E-state index in [0.29, 0.717) is 13.1 Å². The van der Waals surface area contributed by atoms with Gasteiger partial charge in [0.05, 0.1) is 6.04 Å². The lowest BCUT2D eigenvalue weighted by Gasteiger charge is -2.16. The maximum atomic E-state index is 11.6. The first-order valence-corrected chi connectivity index (χ1v) is 5.28. The van der Waals surface area contributed by atoms with Gasteiger partial charge < -0.3 is 15.0 Å². The van der Waals surface area contributed by atoms with Gasteiger partial charge in [-0.05, 0) is 12.0 Å². The van der Waals surface area contributed by atoms with Crippen LogP contribution in [0, 0.1) is 5.92 Å². The van der Waals surface area contributed by atoms with Crippen molar-refractivity contribution in [2.75, 3.05) is 26.8 Å². The van der Waals surface area contributed by atoms with E-state index in [1.165, 1.54) is 13.2 Å². The summed E-state index contributed by atoms with van der Waals surface area (Å²) in [6.45, 7) is 6.70. The first-order valence-electron chi connectivity index (χ1n) is 5.28. The van der Waals surface area contributed by atoms with Crippen LogP contribution in [-0.2, 0) is 14.3 Å². The standard InChI is InChI=1S/C11H18N2O3/c1-4-10(14)12-9-6-13(5-8(9)2)11(15)7-16-3/h4,8-9H,1,5-7H2,2-3H3,(H,12,14). The summed E-state index contributed by atoms with van der Waals surface area (Å²) in [7, 11) is 1.49. The fourth-order valence-electron chi connectivity index (χ4n) is 1.81. The molecule has 0 spiro atoms. The summed E-state index contributed by atoms with van der Waals surface area (Å²) in [6, 6.07) is 0.00584. The summed E-state index contributed by atoms with van der Waals surface area (Å²) in [5.41, 5.74) is 0. The Balaban J connectivity index is 2.49. The monoisotopic (exact) mass is 226 g/mol. The molecule has 1 saturated heterocycles. The normalized spacial score (nSPS) is 24.2. The van der Waals surface area contributed by atoms with Gasteiger partial charge in [-0.2, -0.15) is 0 Å². The van der Waals surface area contributed by atoms with E-state index in [4.69, 9.17) is 4.74 Å². The van der Waals surface area contributed by atoms with Crippen LogP contribution in [0.4, 0.5) is 0 Å². The number of nitrogens with one attached hydrogen (secondary N) is 1. The van der Waals surface area contributed by atoms with Crippen LogP contribution in [0.3, 0.4) is 0 Å². The molecule has 5 heteroatoms. The van der Waals surface area contributed by atoms with Crippen LogP contribution in [0.15, 0.2) is 12.7 Å². The van der Waals surface area contributed by atoms with Gasteiger partial charge in [-0.15, -0.1) is 0 Å². The molecule has 1 fully saturated rings. The van der Waals surface area contributed by atoms with Gasteiger partial charge in [0.25, 0.3) is 0 Å². The molecule has 1 heterocycles. The van der Waals surface area contributed by atoms with Crippen molar-refractivity contribution in [3.05, 3.63) is 12.7 Å². The highest BCUT2D eigenvalue weighted by molar-refractivity contribution is 5.87. The number of rotatable bonds is 4. The van der Waals surface area contributed by atoms with Crippen molar-refractivity contribution < 1.29 is 14.3 Å². The van der Waals surface area contributed by atoms with Crippen LogP contribution in [0.2, 0.25) is 0 Å². The molecule has 0 radical (unpaired) electrons. The molecule has 0 aromatic rings. The van der Waals surface area contributed by atoms with Gasteiger partial charge in [-0.1, -0.05) is 13.5 Å². The van der Waals surface area contributed by atoms with E-state index in [2.05, 4.69) is 11.9 Å². The molecule has 90 valence electrons. The molecule has 1 aliphatic rings. The number of amides is 2. The molecule has 0 saturated carbocycles. The highest BCUT2D eigenvalue weighted by Gasteiger charge is 2.32. The average Bonchev–Trinajstić information content (AvgIpc) is 2.61. The van der Waals surface area contributed by atoms with Crippen molar-refractivity contribution in [1.82, 2.24) is 10.2 Å². The number of ether oxygens (including phenoxy) is 1. The molecule has 2 unspecified atom stereocenters. The molecule has 0 aromatic heterocycles. The highest BCUT2D eigenvalue weighted by atomic mass is 16.5. The van der Waals surface area contributed by atoms with Gasteiger partial charge in [0.1, 0.15) is 6.61 Å². The van der Waals surface area contributed by atoms with Gasteiger partial charge in [0.2, 0.25) is 11.8 Å². The fourth-order valence-corrected chi connectivity index (χ4v) is 1.81. The summed E-state index contributed by atoms with van der Waals surface area (Å²) < 4.78 is 4.79. The molecular weight excluding hydrogens is 208 g/mol. The average molecular weight is 226 g/mol. The van der Waals surface area contributed by atoms with E-state index >= 15 is 0 Å². The second-order valence-corrected chi connectivity index (χ2v) is 4.03. The third-order valence-electron chi connectivity index (χ3n) is 2.75. The predicted octanol–water partition coefficient (Wildman–Crippen LogP) is -0.218. The molecule has 1 rings (SSSR count). The molecule has 0 aromatic carbocycles. The molecule has 2 amide bonds. The summed E-state index contributed by atoms with van der Waals surface area (Å²) >= 11 is 0. The van der Waals surface area contributed by atoms with E-state index in [-0.39, 0.29) is 30.4 Å². The summed E-state index contributed by atoms with van der Waals surface area (Å²) in [6.07, 6.45) is 1.24. The topological polar surface area (TPSA) is 58.6 Å². The minimum atomic E-state index is -0.196. The quantitative estimate of drug-likeness (QED) is 0.674. The Morgan fingerprint density at radius 3 is 2.81 bits per heavy atom. The van der Waals surface area contributed by atoms with Gasteiger partial charge >= 0.3 is 0 Å². The number of likely N-dealkylation sites (tertiary alicyclic amines) is 1. The maximum Gasteiger partial charge on any atom is 0.248 e. The number of nitrogens with zero attached hydrogens (tertiary/aromatic N) is 1. The third kappa shape index (κ3) is 3.06. The minimum absolute atomic E-state index is 0.00584. The molecule has 1 aliphatic heterocycles. The number of methoxy groups -OCH3 is 1. The Kier molecular flexibility index (Phi) is 4.49. The van der Waals surface area contributed by atoms with E-state index < -0.39 is 0 Å². The Bertz CT molecular complexity index is 291. The summed E-state index contributed by atoms with van der Waals surface area (Å²) in [5, 5.41) is 2.81. The van der Waals surface area contributed by atoms with Crippen LogP contribution in [0.1, 0.15) is 6.92 Å². The lowest BCUT2D eigenvalue weighted by Crippen LogP contribution is -2.40. The van der Waals surface area contributed by atoms with Gasteiger partial charge in [0, 0.05) is 20.2 Å². The van der Waals surface area contributed by atoms with Crippen molar-refractivity contribution in [3.8, 4) is 0 Å². The van der Waals surface area contributed by atoms with Gasteiger partial charge in [-0.25, -0.2) is 0 Å². The maximum absolute atomic E-state index is 11.6. The van der Waals surface area contributed by atoms with Crippen LogP contribution in [0.25, 0.3) is 0 Å². The van der Waals surface area contributed by atoms with Crippen LogP contribution >= 0.6 is 0 Å². The Hall–Kier alpha value is -1.36. The van der Waals surface area contributed by atoms with Crippen molar-refractivity contribution >= 4 is 11.8 Å². The minimum Gasteiger partial charge on any atom is -0.375 e. The summed E-state index contributed by atoms with van der Waals surface area (Å²) in [5.74, 6) is 0.0206. The number of hydrogen-bond donors (Lipinski definition) is 1. The zero-order valence-corrected chi connectivity index (χ0v) is 9.73. The smallest absolute Gasteiger partial charge is 0.248 e. The first-order chi connectivity index (χ1) is 7.58. The second-order valence-electron chi connectivity index (χ2n) is 4.03. The van der Waals surface area contributed by atoms with Crippen molar-refractivity contribution in [3.63, 3.8) is 0 Å². The third-order valence-corrected chi connectivity index (χ3v) is 2.75. The zero-order valence-electron chi connectivity index (χ0n) is 9.73. The van der Waals surface area contributed by atoms with E-state index in [0.717, 1.165) is 0 Å². The molecule has 16 heavy (non-hydrogen) atoms. The molecule has 2 atom stereocenters. The summed E-state index contributed by atoms with van der Waals surface area (Å²) in [4.78, 5) is 24.4. The largest absolute Gasteiger partial charge is 0.375 e. The lowest BCUT2D eigenvalue weighted by molar-refractivity contribution is -0.134. The lowest BCUT2D eigenvalue weighted by atomic mass is 10.1. The van der Waals surface area contributed by atoms with Crippen LogP contribution < -0.4 is 5.32 Å². The Morgan fingerprint density at radius 1 is 1.56 bits per heavy atom. The van der Waals surface area contributed by atoms with Gasteiger partial charge in [0.15, 0.2) is 0 Å². The molecule has 5 nitrogen and oxygen atoms in total. The SMILES string of the molecule is C=CC(=O)NC1CN(C(=O)COC)CC1C. The van der Waals surface area contributed by atoms with E-state index in [1.807, 2.05) is 6.92 Å². The highest BCUT2D eigenvalue weighted by Crippen LogP contribution is 2.16. The predicted molar refractivity (Wildman–Crippen MR) is 59.7 cm³/mol. The molecular formula is C11H18N2O3. The number of hydrogen-bond acceptors (Lipinski definition) is 3. The van der Waals surface area contributed by atoms with Crippen LogP contribution in [0.5, 0.6) is 0 Å². The second kappa shape index (κ2) is 5.65. The Labute approximate surface area is 95.4 Å². The molecule has 0 aliphatic carbocycles. The van der Waals surface area contributed by atoms with Crippen molar-refractivity contribution in [2.24, 2.45) is 5.92 Å². The molecule has 0 bridgehead atoms. The van der Waals surface area contributed by atoms with Crippen molar-refractivity contribution in [1.29, 1.82) is 0 Å². The fraction of sp³-hybridized carbons (Fsp3) is 0.636. The number of carbonyl (C=O) groups is 2. The Morgan fingerprint density at radius 2 is 2.25 bits per heavy atom.